The van der Waals surface area contributed by atoms with E-state index in [1.54, 1.807) is 6.92 Å². The summed E-state index contributed by atoms with van der Waals surface area (Å²) < 4.78 is 0. The zero-order valence-electron chi connectivity index (χ0n) is 6.48. The van der Waals surface area contributed by atoms with Crippen LogP contribution in [0.15, 0.2) is 0 Å². The number of rotatable bonds is 0. The number of aryl methyl sites for hydroxylation is 1. The number of nitrogens with two attached hydrogens (primary N) is 2. The molecule has 0 saturated carbocycles. The molecule has 1 aromatic rings. The Labute approximate surface area is 70.4 Å². The third-order valence-corrected chi connectivity index (χ3v) is 1.97. The maximum absolute atomic E-state index is 5.70. The number of halogens is 1. The fraction of sp³-hybridized carbons (Fsp3) is 0.286. The quantitative estimate of drug-likeness (QED) is 0.582. The van der Waals surface area contributed by atoms with Crippen molar-refractivity contribution in [2.24, 2.45) is 0 Å². The number of aromatic nitrogens is 1. The molecule has 0 aliphatic rings. The molecule has 0 bridgehead atoms. The number of nitrogen functional groups attached to an aromatic ring is 2. The van der Waals surface area contributed by atoms with E-state index in [-0.39, 0.29) is 0 Å². The summed E-state index contributed by atoms with van der Waals surface area (Å²) in [6.45, 7) is 3.62. The van der Waals surface area contributed by atoms with Gasteiger partial charge in [0.05, 0.1) is 17.1 Å². The van der Waals surface area contributed by atoms with Gasteiger partial charge >= 0.3 is 0 Å². The van der Waals surface area contributed by atoms with Gasteiger partial charge in [-0.25, -0.2) is 4.98 Å². The monoisotopic (exact) mass is 171 g/mol. The molecule has 0 radical (unpaired) electrons. The second-order valence-electron chi connectivity index (χ2n) is 2.44. The highest BCUT2D eigenvalue weighted by molar-refractivity contribution is 6.32. The molecule has 1 heterocycles. The molecule has 0 unspecified atom stereocenters. The van der Waals surface area contributed by atoms with Gasteiger partial charge in [0.1, 0.15) is 0 Å². The number of hydrogen-bond donors (Lipinski definition) is 2. The van der Waals surface area contributed by atoms with Gasteiger partial charge in [-0.05, 0) is 19.4 Å². The van der Waals surface area contributed by atoms with Gasteiger partial charge in [-0.2, -0.15) is 0 Å². The van der Waals surface area contributed by atoms with Crippen molar-refractivity contribution in [3.8, 4) is 0 Å². The van der Waals surface area contributed by atoms with Crippen LogP contribution >= 0.6 is 11.6 Å². The Morgan fingerprint density at radius 1 is 1.18 bits per heavy atom. The lowest BCUT2D eigenvalue weighted by Crippen LogP contribution is -2.02. The van der Waals surface area contributed by atoms with Crippen LogP contribution in [0.1, 0.15) is 11.3 Å². The van der Waals surface area contributed by atoms with Crippen molar-refractivity contribution >= 4 is 23.0 Å². The molecule has 4 heteroatoms. The fourth-order valence-electron chi connectivity index (χ4n) is 0.839. The summed E-state index contributed by atoms with van der Waals surface area (Å²) in [6.07, 6.45) is 0. The van der Waals surface area contributed by atoms with Gasteiger partial charge in [-0.15, -0.1) is 0 Å². The van der Waals surface area contributed by atoms with Crippen LogP contribution in [0.2, 0.25) is 5.15 Å². The highest BCUT2D eigenvalue weighted by Gasteiger charge is 2.07. The van der Waals surface area contributed by atoms with Crippen molar-refractivity contribution in [1.82, 2.24) is 4.98 Å². The Bertz CT molecular complexity index is 270. The van der Waals surface area contributed by atoms with Gasteiger partial charge in [-0.1, -0.05) is 11.6 Å². The smallest absolute Gasteiger partial charge is 0.152 e. The predicted octanol–water partition coefficient (Wildman–Crippen LogP) is 1.52. The maximum Gasteiger partial charge on any atom is 0.152 e. The number of hydrogen-bond acceptors (Lipinski definition) is 3. The molecule has 3 nitrogen and oxygen atoms in total. The summed E-state index contributed by atoms with van der Waals surface area (Å²) in [5.41, 5.74) is 13.8. The lowest BCUT2D eigenvalue weighted by atomic mass is 10.2. The SMILES string of the molecule is Cc1nc(Cl)c(N)c(C)c1N. The summed E-state index contributed by atoms with van der Waals surface area (Å²) >= 11 is 5.70. The summed E-state index contributed by atoms with van der Waals surface area (Å²) in [5.74, 6) is 0. The van der Waals surface area contributed by atoms with E-state index in [0.717, 1.165) is 11.3 Å². The molecular formula is C7H10ClN3. The fourth-order valence-corrected chi connectivity index (χ4v) is 1.11. The predicted molar refractivity (Wildman–Crippen MR) is 47.5 cm³/mol. The van der Waals surface area contributed by atoms with Crippen LogP contribution in [-0.4, -0.2) is 4.98 Å². The molecule has 0 aromatic carbocycles. The molecule has 0 spiro atoms. The van der Waals surface area contributed by atoms with E-state index in [2.05, 4.69) is 4.98 Å². The summed E-state index contributed by atoms with van der Waals surface area (Å²) in [6, 6.07) is 0. The van der Waals surface area contributed by atoms with E-state index in [9.17, 15) is 0 Å². The standard InChI is InChI=1S/C7H10ClN3/c1-3-5(9)4(2)11-7(8)6(3)10/h9-10H2,1-2H3. The lowest BCUT2D eigenvalue weighted by Gasteiger charge is -2.07. The average Bonchev–Trinajstić information content (AvgIpc) is 1.97. The van der Waals surface area contributed by atoms with Crippen molar-refractivity contribution < 1.29 is 0 Å². The summed E-state index contributed by atoms with van der Waals surface area (Å²) in [4.78, 5) is 3.95. The minimum absolute atomic E-state index is 0.328. The van der Waals surface area contributed by atoms with E-state index in [0.29, 0.717) is 16.5 Å². The van der Waals surface area contributed by atoms with Gasteiger partial charge < -0.3 is 11.5 Å². The molecule has 0 saturated heterocycles. The molecular weight excluding hydrogens is 162 g/mol. The zero-order chi connectivity index (χ0) is 8.59. The Kier molecular flexibility index (Phi) is 1.91. The van der Waals surface area contributed by atoms with Crippen molar-refractivity contribution in [2.45, 2.75) is 13.8 Å². The maximum atomic E-state index is 5.70. The first kappa shape index (κ1) is 8.14. The molecule has 1 rings (SSSR count). The molecule has 60 valence electrons. The van der Waals surface area contributed by atoms with Crippen LogP contribution in [0.3, 0.4) is 0 Å². The minimum atomic E-state index is 0.328. The van der Waals surface area contributed by atoms with E-state index >= 15 is 0 Å². The summed E-state index contributed by atoms with van der Waals surface area (Å²) in [7, 11) is 0. The Morgan fingerprint density at radius 2 is 1.73 bits per heavy atom. The van der Waals surface area contributed by atoms with Crippen LogP contribution in [-0.2, 0) is 0 Å². The molecule has 0 amide bonds. The van der Waals surface area contributed by atoms with Crippen molar-refractivity contribution in [2.75, 3.05) is 11.5 Å². The van der Waals surface area contributed by atoms with Gasteiger partial charge in [-0.3, -0.25) is 0 Å². The van der Waals surface area contributed by atoms with Gasteiger partial charge in [0.2, 0.25) is 0 Å². The number of pyridine rings is 1. The first-order chi connectivity index (χ1) is 5.04. The van der Waals surface area contributed by atoms with E-state index in [1.165, 1.54) is 0 Å². The first-order valence-corrected chi connectivity index (χ1v) is 3.59. The van der Waals surface area contributed by atoms with E-state index in [1.807, 2.05) is 6.92 Å². The largest absolute Gasteiger partial charge is 0.397 e. The first-order valence-electron chi connectivity index (χ1n) is 3.21. The van der Waals surface area contributed by atoms with Crippen molar-refractivity contribution in [3.05, 3.63) is 16.4 Å². The molecule has 1 aromatic heterocycles. The normalized spacial score (nSPS) is 10.1. The third kappa shape index (κ3) is 1.24. The second-order valence-corrected chi connectivity index (χ2v) is 2.80. The van der Waals surface area contributed by atoms with Gasteiger partial charge in [0.25, 0.3) is 0 Å². The highest BCUT2D eigenvalue weighted by atomic mass is 35.5. The van der Waals surface area contributed by atoms with Crippen molar-refractivity contribution in [3.63, 3.8) is 0 Å². The summed E-state index contributed by atoms with van der Waals surface area (Å²) in [5, 5.41) is 0.328. The second kappa shape index (κ2) is 2.58. The van der Waals surface area contributed by atoms with Crippen LogP contribution < -0.4 is 11.5 Å². The highest BCUT2D eigenvalue weighted by Crippen LogP contribution is 2.26. The molecule has 0 aliphatic carbocycles. The molecule has 0 atom stereocenters. The Hall–Kier alpha value is -0.960. The van der Waals surface area contributed by atoms with Crippen molar-refractivity contribution in [1.29, 1.82) is 0 Å². The topological polar surface area (TPSA) is 64.9 Å². The molecule has 0 fully saturated rings. The van der Waals surface area contributed by atoms with Crippen LogP contribution in [0, 0.1) is 13.8 Å². The number of nitrogens with zero attached hydrogens (tertiary/aromatic N) is 1. The lowest BCUT2D eigenvalue weighted by molar-refractivity contribution is 1.19. The third-order valence-electron chi connectivity index (χ3n) is 1.69. The van der Waals surface area contributed by atoms with Crippen LogP contribution in [0.25, 0.3) is 0 Å². The van der Waals surface area contributed by atoms with Gasteiger partial charge in [0, 0.05) is 0 Å². The van der Waals surface area contributed by atoms with E-state index in [4.69, 9.17) is 23.1 Å². The molecule has 0 aliphatic heterocycles. The minimum Gasteiger partial charge on any atom is -0.397 e. The van der Waals surface area contributed by atoms with Crippen LogP contribution in [0.5, 0.6) is 0 Å². The number of anilines is 2. The zero-order valence-corrected chi connectivity index (χ0v) is 7.24. The molecule has 4 N–H and O–H groups in total. The van der Waals surface area contributed by atoms with E-state index < -0.39 is 0 Å². The Balaban J connectivity index is 3.46. The Morgan fingerprint density at radius 3 is 2.27 bits per heavy atom. The molecule has 11 heavy (non-hydrogen) atoms. The van der Waals surface area contributed by atoms with Gasteiger partial charge in [0.15, 0.2) is 5.15 Å². The average molecular weight is 172 g/mol. The van der Waals surface area contributed by atoms with Crippen LogP contribution in [0.4, 0.5) is 11.4 Å².